The molecule has 0 atom stereocenters. The summed E-state index contributed by atoms with van der Waals surface area (Å²) >= 11 is 8.24. The van der Waals surface area contributed by atoms with Crippen LogP contribution < -0.4 is 5.32 Å². The normalized spacial score (nSPS) is 11.2. The van der Waals surface area contributed by atoms with E-state index in [2.05, 4.69) is 52.0 Å². The van der Waals surface area contributed by atoms with E-state index in [4.69, 9.17) is 16.0 Å². The number of halogens is 2. The Morgan fingerprint density at radius 2 is 2.15 bits per heavy atom. The fourth-order valence-corrected chi connectivity index (χ4v) is 2.49. The lowest BCUT2D eigenvalue weighted by molar-refractivity contribution is 0.484. The van der Waals surface area contributed by atoms with Crippen LogP contribution in [-0.2, 0) is 6.42 Å². The minimum Gasteiger partial charge on any atom is -0.421 e. The second kappa shape index (κ2) is 7.38. The minimum absolute atomic E-state index is 0.501. The van der Waals surface area contributed by atoms with Crippen molar-refractivity contribution in [2.45, 2.75) is 32.7 Å². The summed E-state index contributed by atoms with van der Waals surface area (Å²) in [6.45, 7) is 5.21. The fourth-order valence-electron chi connectivity index (χ4n) is 1.76. The summed E-state index contributed by atoms with van der Waals surface area (Å²) in [5, 5.41) is 12.2. The summed E-state index contributed by atoms with van der Waals surface area (Å²) in [7, 11) is 0. The molecule has 0 bridgehead atoms. The Bertz CT molecular complexity index is 571. The van der Waals surface area contributed by atoms with Crippen LogP contribution in [0.15, 0.2) is 22.6 Å². The van der Waals surface area contributed by atoms with Gasteiger partial charge < -0.3 is 9.73 Å². The van der Waals surface area contributed by atoms with Crippen molar-refractivity contribution in [3.63, 3.8) is 0 Å². The van der Waals surface area contributed by atoms with E-state index < -0.39 is 0 Å². The van der Waals surface area contributed by atoms with Crippen LogP contribution in [0.4, 0.5) is 0 Å². The monoisotopic (exact) mass is 405 g/mol. The molecular formula is C14H17ClIN3O. The molecule has 0 amide bonds. The summed E-state index contributed by atoms with van der Waals surface area (Å²) in [6, 6.07) is 6.14. The molecule has 1 aromatic carbocycles. The topological polar surface area (TPSA) is 51.0 Å². The van der Waals surface area contributed by atoms with Crippen molar-refractivity contribution in [3.8, 4) is 11.5 Å². The average Bonchev–Trinajstić information content (AvgIpc) is 2.86. The molecule has 1 heterocycles. The summed E-state index contributed by atoms with van der Waals surface area (Å²) in [6.07, 6.45) is 1.76. The van der Waals surface area contributed by atoms with E-state index in [1.807, 2.05) is 18.2 Å². The summed E-state index contributed by atoms with van der Waals surface area (Å²) < 4.78 is 6.74. The van der Waals surface area contributed by atoms with Gasteiger partial charge in [0.15, 0.2) is 0 Å². The van der Waals surface area contributed by atoms with Crippen molar-refractivity contribution in [2.24, 2.45) is 0 Å². The lowest BCUT2D eigenvalue weighted by Gasteiger charge is -2.05. The highest BCUT2D eigenvalue weighted by Crippen LogP contribution is 2.27. The van der Waals surface area contributed by atoms with Crippen molar-refractivity contribution >= 4 is 34.2 Å². The highest BCUT2D eigenvalue weighted by atomic mass is 127. The predicted octanol–water partition coefficient (Wildman–Crippen LogP) is 3.93. The van der Waals surface area contributed by atoms with Crippen LogP contribution in [0.5, 0.6) is 0 Å². The Kier molecular flexibility index (Phi) is 5.80. The number of nitrogens with one attached hydrogen (secondary N) is 1. The number of benzene rings is 1. The van der Waals surface area contributed by atoms with E-state index in [0.717, 1.165) is 28.5 Å². The molecule has 0 fully saturated rings. The summed E-state index contributed by atoms with van der Waals surface area (Å²) in [5.74, 6) is 1.20. The van der Waals surface area contributed by atoms with Gasteiger partial charge in [0.25, 0.3) is 0 Å². The molecule has 0 spiro atoms. The molecule has 0 aliphatic rings. The fraction of sp³-hybridized carbons (Fsp3) is 0.429. The minimum atomic E-state index is 0.501. The van der Waals surface area contributed by atoms with Crippen LogP contribution >= 0.6 is 34.2 Å². The zero-order valence-corrected chi connectivity index (χ0v) is 14.4. The van der Waals surface area contributed by atoms with Gasteiger partial charge in [-0.2, -0.15) is 0 Å². The third kappa shape index (κ3) is 4.43. The third-order valence-electron chi connectivity index (χ3n) is 2.75. The van der Waals surface area contributed by atoms with Crippen molar-refractivity contribution in [3.05, 3.63) is 32.7 Å². The molecule has 108 valence electrons. The zero-order chi connectivity index (χ0) is 14.5. The molecule has 4 nitrogen and oxygen atoms in total. The van der Waals surface area contributed by atoms with Crippen LogP contribution in [0.3, 0.4) is 0 Å². The quantitative estimate of drug-likeness (QED) is 0.584. The molecule has 0 radical (unpaired) electrons. The lowest BCUT2D eigenvalue weighted by atomic mass is 10.2. The van der Waals surface area contributed by atoms with E-state index in [0.29, 0.717) is 22.8 Å². The maximum atomic E-state index is 6.00. The van der Waals surface area contributed by atoms with Gasteiger partial charge in [-0.05, 0) is 53.8 Å². The summed E-state index contributed by atoms with van der Waals surface area (Å²) in [5.41, 5.74) is 0.886. The molecule has 0 saturated carbocycles. The van der Waals surface area contributed by atoms with Crippen molar-refractivity contribution < 1.29 is 4.42 Å². The van der Waals surface area contributed by atoms with Gasteiger partial charge in [-0.15, -0.1) is 10.2 Å². The first-order chi connectivity index (χ1) is 9.56. The maximum absolute atomic E-state index is 6.00. The maximum Gasteiger partial charge on any atom is 0.248 e. The molecular weight excluding hydrogens is 389 g/mol. The van der Waals surface area contributed by atoms with Gasteiger partial charge in [-0.25, -0.2) is 0 Å². The van der Waals surface area contributed by atoms with Crippen LogP contribution in [0, 0.1) is 3.57 Å². The Hall–Kier alpha value is -0.660. The smallest absolute Gasteiger partial charge is 0.248 e. The molecule has 1 N–H and O–H groups in total. The van der Waals surface area contributed by atoms with Crippen LogP contribution in [0.2, 0.25) is 5.02 Å². The van der Waals surface area contributed by atoms with Crippen LogP contribution in [0.1, 0.15) is 26.2 Å². The van der Waals surface area contributed by atoms with Gasteiger partial charge in [-0.1, -0.05) is 25.4 Å². The van der Waals surface area contributed by atoms with Gasteiger partial charge in [0.1, 0.15) is 0 Å². The molecule has 2 rings (SSSR count). The van der Waals surface area contributed by atoms with Gasteiger partial charge >= 0.3 is 0 Å². The molecule has 6 heteroatoms. The largest absolute Gasteiger partial charge is 0.421 e. The highest BCUT2D eigenvalue weighted by molar-refractivity contribution is 14.1. The van der Waals surface area contributed by atoms with E-state index in [1.54, 1.807) is 0 Å². The Morgan fingerprint density at radius 1 is 1.35 bits per heavy atom. The van der Waals surface area contributed by atoms with E-state index in [1.165, 1.54) is 0 Å². The van der Waals surface area contributed by atoms with Gasteiger partial charge in [0.05, 0.1) is 5.56 Å². The predicted molar refractivity (Wildman–Crippen MR) is 88.9 cm³/mol. The van der Waals surface area contributed by atoms with Crippen molar-refractivity contribution in [1.29, 1.82) is 0 Å². The van der Waals surface area contributed by atoms with Gasteiger partial charge in [-0.3, -0.25) is 0 Å². The van der Waals surface area contributed by atoms with Crippen LogP contribution in [0.25, 0.3) is 11.5 Å². The van der Waals surface area contributed by atoms with E-state index in [-0.39, 0.29) is 0 Å². The number of hydrogen-bond donors (Lipinski definition) is 1. The third-order valence-corrected chi connectivity index (χ3v) is 3.92. The number of hydrogen-bond acceptors (Lipinski definition) is 4. The molecule has 0 unspecified atom stereocenters. The molecule has 1 aromatic heterocycles. The first-order valence-corrected chi connectivity index (χ1v) is 8.03. The number of nitrogens with zero attached hydrogens (tertiary/aromatic N) is 2. The van der Waals surface area contributed by atoms with Crippen molar-refractivity contribution in [2.75, 3.05) is 6.54 Å². The Morgan fingerprint density at radius 3 is 2.90 bits per heavy atom. The molecule has 20 heavy (non-hydrogen) atoms. The van der Waals surface area contributed by atoms with Gasteiger partial charge in [0, 0.05) is 21.1 Å². The Balaban J connectivity index is 2.00. The first kappa shape index (κ1) is 15.7. The SMILES string of the molecule is CC(C)NCCCc1nnc(-c2cc(Cl)ccc2I)o1. The molecule has 0 aliphatic heterocycles. The molecule has 2 aromatic rings. The van der Waals surface area contributed by atoms with Crippen molar-refractivity contribution in [1.82, 2.24) is 15.5 Å². The second-order valence-electron chi connectivity index (χ2n) is 4.84. The van der Waals surface area contributed by atoms with E-state index in [9.17, 15) is 0 Å². The number of aromatic nitrogens is 2. The first-order valence-electron chi connectivity index (χ1n) is 6.57. The second-order valence-corrected chi connectivity index (χ2v) is 6.44. The standard InChI is InChI=1S/C14H17ClIN3O/c1-9(2)17-7-3-4-13-18-19-14(20-13)11-8-10(15)5-6-12(11)16/h5-6,8-9,17H,3-4,7H2,1-2H3. The van der Waals surface area contributed by atoms with E-state index >= 15 is 0 Å². The summed E-state index contributed by atoms with van der Waals surface area (Å²) in [4.78, 5) is 0. The highest BCUT2D eigenvalue weighted by Gasteiger charge is 2.12. The molecule has 0 aliphatic carbocycles. The number of aryl methyl sites for hydroxylation is 1. The van der Waals surface area contributed by atoms with Crippen LogP contribution in [-0.4, -0.2) is 22.8 Å². The number of rotatable bonds is 6. The lowest BCUT2D eigenvalue weighted by Crippen LogP contribution is -2.23. The average molecular weight is 406 g/mol. The van der Waals surface area contributed by atoms with Gasteiger partial charge in [0.2, 0.25) is 11.8 Å². The Labute approximate surface area is 137 Å². The molecule has 0 saturated heterocycles. The zero-order valence-electron chi connectivity index (χ0n) is 11.5.